The lowest BCUT2D eigenvalue weighted by Gasteiger charge is -2.27. The summed E-state index contributed by atoms with van der Waals surface area (Å²) in [5.41, 5.74) is 2.60. The Labute approximate surface area is 183 Å². The molecule has 1 N–H and O–H groups in total. The number of nitro groups is 1. The van der Waals surface area contributed by atoms with Crippen LogP contribution in [0.25, 0.3) is 0 Å². The predicted octanol–water partition coefficient (Wildman–Crippen LogP) is 3.69. The van der Waals surface area contributed by atoms with Gasteiger partial charge in [0.1, 0.15) is 5.69 Å². The van der Waals surface area contributed by atoms with Crippen LogP contribution < -0.4 is 9.62 Å². The van der Waals surface area contributed by atoms with Crippen LogP contribution in [0.5, 0.6) is 0 Å². The molecule has 31 heavy (non-hydrogen) atoms. The van der Waals surface area contributed by atoms with Crippen LogP contribution in [0, 0.1) is 24.0 Å². The molecular weight excluding hydrogens is 416 g/mol. The molecule has 0 spiro atoms. The van der Waals surface area contributed by atoms with Gasteiger partial charge in [0.15, 0.2) is 0 Å². The molecule has 2 aliphatic rings. The lowest BCUT2D eigenvalue weighted by Crippen LogP contribution is -2.36. The number of nitro benzene ring substituents is 1. The minimum Gasteiger partial charge on any atom is -0.364 e. The fraction of sp³-hybridized carbons (Fsp3) is 0.455. The number of hydrogen-bond acceptors (Lipinski definition) is 6. The van der Waals surface area contributed by atoms with Gasteiger partial charge in [0.2, 0.25) is 0 Å². The highest BCUT2D eigenvalue weighted by molar-refractivity contribution is 7.92. The number of aryl methyl sites for hydroxylation is 2. The van der Waals surface area contributed by atoms with Gasteiger partial charge in [-0.3, -0.25) is 19.7 Å². The number of anilines is 2. The van der Waals surface area contributed by atoms with Crippen LogP contribution >= 0.6 is 0 Å². The molecule has 2 aromatic rings. The molecular formula is C22H28N4O4S. The van der Waals surface area contributed by atoms with E-state index in [-0.39, 0.29) is 10.6 Å². The van der Waals surface area contributed by atoms with Crippen molar-refractivity contribution in [1.82, 2.24) is 4.90 Å². The summed E-state index contributed by atoms with van der Waals surface area (Å²) in [6.07, 6.45) is 3.18. The van der Waals surface area contributed by atoms with Gasteiger partial charge in [-0.05, 0) is 63.4 Å². The Balaban J connectivity index is 1.64. The molecule has 0 bridgehead atoms. The van der Waals surface area contributed by atoms with E-state index in [1.807, 2.05) is 30.9 Å². The first kappa shape index (κ1) is 21.6. The molecule has 1 unspecified atom stereocenters. The molecule has 4 rings (SSSR count). The Morgan fingerprint density at radius 3 is 2.58 bits per heavy atom. The highest BCUT2D eigenvalue weighted by atomic mass is 32.2. The van der Waals surface area contributed by atoms with Crippen molar-refractivity contribution in [3.05, 3.63) is 57.6 Å². The van der Waals surface area contributed by atoms with Crippen LogP contribution in [0.1, 0.15) is 30.4 Å². The summed E-state index contributed by atoms with van der Waals surface area (Å²) in [7, 11) is -3.95. The summed E-state index contributed by atoms with van der Waals surface area (Å²) >= 11 is 0. The number of fused-ring (bicyclic) bond motifs is 1. The van der Waals surface area contributed by atoms with Crippen molar-refractivity contribution in [1.29, 1.82) is 0 Å². The SMILES string of the molecule is Cc1ccc(NS(=O)(=O)c2ccc(N3CCCN4CCCC4C3)c([N+](=O)[O-])c2)c(C)c1. The molecule has 166 valence electrons. The Morgan fingerprint density at radius 2 is 1.84 bits per heavy atom. The van der Waals surface area contributed by atoms with Crippen LogP contribution in [0.4, 0.5) is 17.1 Å². The first-order valence-corrected chi connectivity index (χ1v) is 12.1. The van der Waals surface area contributed by atoms with Crippen molar-refractivity contribution in [2.75, 3.05) is 35.8 Å². The number of hydrogen-bond donors (Lipinski definition) is 1. The van der Waals surface area contributed by atoms with E-state index < -0.39 is 14.9 Å². The van der Waals surface area contributed by atoms with E-state index in [2.05, 4.69) is 9.62 Å². The topological polar surface area (TPSA) is 95.8 Å². The fourth-order valence-electron chi connectivity index (χ4n) is 4.64. The first-order chi connectivity index (χ1) is 14.7. The number of benzene rings is 2. The first-order valence-electron chi connectivity index (χ1n) is 10.6. The predicted molar refractivity (Wildman–Crippen MR) is 121 cm³/mol. The zero-order valence-electron chi connectivity index (χ0n) is 17.9. The third-order valence-electron chi connectivity index (χ3n) is 6.22. The fourth-order valence-corrected chi connectivity index (χ4v) is 5.79. The Hall–Kier alpha value is -2.65. The molecule has 0 amide bonds. The largest absolute Gasteiger partial charge is 0.364 e. The molecule has 2 heterocycles. The van der Waals surface area contributed by atoms with Gasteiger partial charge in [0.25, 0.3) is 15.7 Å². The standard InChI is InChI=1S/C22H28N4O4S/c1-16-6-8-20(17(2)13-16)23-31(29,30)19-7-9-21(22(14-19)26(27)28)25-12-4-11-24-10-3-5-18(24)15-25/h6-9,13-14,18,23H,3-5,10-12,15H2,1-2H3. The quantitative estimate of drug-likeness (QED) is 0.558. The minimum atomic E-state index is -3.95. The summed E-state index contributed by atoms with van der Waals surface area (Å²) in [6, 6.07) is 10.0. The van der Waals surface area contributed by atoms with Crippen molar-refractivity contribution in [3.8, 4) is 0 Å². The van der Waals surface area contributed by atoms with Gasteiger partial charge in [-0.2, -0.15) is 0 Å². The van der Waals surface area contributed by atoms with Crippen LogP contribution in [-0.4, -0.2) is 50.5 Å². The lowest BCUT2D eigenvalue weighted by atomic mass is 10.1. The van der Waals surface area contributed by atoms with Crippen LogP contribution in [0.15, 0.2) is 41.3 Å². The molecule has 2 aliphatic heterocycles. The third kappa shape index (κ3) is 4.52. The summed E-state index contributed by atoms with van der Waals surface area (Å²) < 4.78 is 28.5. The van der Waals surface area contributed by atoms with Gasteiger partial charge in [0.05, 0.1) is 15.5 Å². The van der Waals surface area contributed by atoms with Gasteiger partial charge >= 0.3 is 0 Å². The van der Waals surface area contributed by atoms with E-state index in [9.17, 15) is 18.5 Å². The van der Waals surface area contributed by atoms with Crippen molar-refractivity contribution in [3.63, 3.8) is 0 Å². The van der Waals surface area contributed by atoms with E-state index in [0.29, 0.717) is 17.4 Å². The number of sulfonamides is 1. The highest BCUT2D eigenvalue weighted by Gasteiger charge is 2.32. The van der Waals surface area contributed by atoms with Crippen LogP contribution in [0.3, 0.4) is 0 Å². The number of rotatable bonds is 5. The minimum absolute atomic E-state index is 0.111. The van der Waals surface area contributed by atoms with E-state index in [1.54, 1.807) is 12.1 Å². The molecule has 1 atom stereocenters. The zero-order valence-corrected chi connectivity index (χ0v) is 18.7. The van der Waals surface area contributed by atoms with Gasteiger partial charge in [-0.1, -0.05) is 17.7 Å². The van der Waals surface area contributed by atoms with Gasteiger partial charge in [0, 0.05) is 31.7 Å². The third-order valence-corrected chi connectivity index (χ3v) is 7.59. The van der Waals surface area contributed by atoms with E-state index in [1.165, 1.54) is 12.1 Å². The van der Waals surface area contributed by atoms with Gasteiger partial charge in [-0.25, -0.2) is 8.42 Å². The van der Waals surface area contributed by atoms with Crippen molar-refractivity contribution in [2.24, 2.45) is 0 Å². The molecule has 0 saturated carbocycles. The molecule has 2 saturated heterocycles. The van der Waals surface area contributed by atoms with Crippen molar-refractivity contribution >= 4 is 27.1 Å². The van der Waals surface area contributed by atoms with Crippen molar-refractivity contribution in [2.45, 2.75) is 44.0 Å². The van der Waals surface area contributed by atoms with Crippen LogP contribution in [-0.2, 0) is 10.0 Å². The number of nitrogens with one attached hydrogen (secondary N) is 1. The smallest absolute Gasteiger partial charge is 0.293 e. The molecule has 2 fully saturated rings. The lowest BCUT2D eigenvalue weighted by molar-refractivity contribution is -0.384. The maximum atomic E-state index is 13.0. The Bertz CT molecular complexity index is 1100. The number of nitrogens with zero attached hydrogens (tertiary/aromatic N) is 3. The van der Waals surface area contributed by atoms with Gasteiger partial charge in [-0.15, -0.1) is 0 Å². The maximum absolute atomic E-state index is 13.0. The molecule has 0 aromatic heterocycles. The van der Waals surface area contributed by atoms with Gasteiger partial charge < -0.3 is 4.90 Å². The second-order valence-electron chi connectivity index (χ2n) is 8.46. The molecule has 9 heteroatoms. The zero-order chi connectivity index (χ0) is 22.2. The molecule has 0 aliphatic carbocycles. The second-order valence-corrected chi connectivity index (χ2v) is 10.1. The molecule has 8 nitrogen and oxygen atoms in total. The normalized spacial score (nSPS) is 19.7. The van der Waals surface area contributed by atoms with E-state index in [4.69, 9.17) is 0 Å². The molecule has 0 radical (unpaired) electrons. The maximum Gasteiger partial charge on any atom is 0.293 e. The average Bonchev–Trinajstić information content (AvgIpc) is 3.06. The Morgan fingerprint density at radius 1 is 1.06 bits per heavy atom. The summed E-state index contributed by atoms with van der Waals surface area (Å²) in [6.45, 7) is 7.29. The highest BCUT2D eigenvalue weighted by Crippen LogP contribution is 2.34. The summed E-state index contributed by atoms with van der Waals surface area (Å²) in [5, 5.41) is 11.9. The van der Waals surface area contributed by atoms with Crippen LogP contribution in [0.2, 0.25) is 0 Å². The monoisotopic (exact) mass is 444 g/mol. The van der Waals surface area contributed by atoms with E-state index >= 15 is 0 Å². The van der Waals surface area contributed by atoms with Crippen molar-refractivity contribution < 1.29 is 13.3 Å². The summed E-state index contributed by atoms with van der Waals surface area (Å²) in [5.74, 6) is 0. The Kier molecular flexibility index (Phi) is 5.90. The molecule has 2 aromatic carbocycles. The second kappa shape index (κ2) is 8.47. The summed E-state index contributed by atoms with van der Waals surface area (Å²) in [4.78, 5) is 15.8. The average molecular weight is 445 g/mol. The van der Waals surface area contributed by atoms with E-state index in [0.717, 1.165) is 56.6 Å².